The van der Waals surface area contributed by atoms with Gasteiger partial charge in [0.1, 0.15) is 5.78 Å². The standard InChI is InChI=1S/C54H81N11O6/c1-5-8-11-18-35-69-47-38-41(39-48(70-36-19-12-9-6-2)50(47)71-37-20-13-10-7-3)51(68)58-28-17-15-14-16-21-46(66)45(57-4)40-49(67)59-44-26-33-65(34-27-44)54-61-52(63-29-22-42(55)23-30-63)60-53(62-54)64-31-24-43(56)25-32-64/h1-3,38-39,42-45,57H,8-37,40,55-56H2,4H3,(H,58,68)(H,59,67)/t45-/m0/s1. The van der Waals surface area contributed by atoms with Crippen LogP contribution >= 0.6 is 0 Å². The summed E-state index contributed by atoms with van der Waals surface area (Å²) in [6.45, 7) is 6.32. The fourth-order valence-corrected chi connectivity index (χ4v) is 8.89. The number of aromatic nitrogens is 3. The third-order valence-electron chi connectivity index (χ3n) is 13.3. The Morgan fingerprint density at radius 2 is 1.10 bits per heavy atom. The Kier molecular flexibility index (Phi) is 24.9. The third kappa shape index (κ3) is 19.4. The number of carbonyl (C=O) groups excluding carboxylic acids is 3. The van der Waals surface area contributed by atoms with Gasteiger partial charge in [0.2, 0.25) is 29.5 Å². The van der Waals surface area contributed by atoms with E-state index in [-0.39, 0.29) is 42.1 Å². The highest BCUT2D eigenvalue weighted by Crippen LogP contribution is 2.40. The van der Waals surface area contributed by atoms with E-state index >= 15 is 0 Å². The summed E-state index contributed by atoms with van der Waals surface area (Å²) >= 11 is 0. The largest absolute Gasteiger partial charge is 0.490 e. The molecule has 3 saturated heterocycles. The van der Waals surface area contributed by atoms with Gasteiger partial charge in [0, 0.05) is 102 Å². The molecule has 1 atom stereocenters. The number of ketones is 1. The van der Waals surface area contributed by atoms with Gasteiger partial charge in [-0.2, -0.15) is 15.0 Å². The van der Waals surface area contributed by atoms with Gasteiger partial charge in [0.05, 0.1) is 25.9 Å². The molecule has 0 aliphatic carbocycles. The van der Waals surface area contributed by atoms with Crippen LogP contribution in [0.15, 0.2) is 12.1 Å². The number of nitrogens with one attached hydrogen (secondary N) is 3. The molecule has 4 heterocycles. The molecule has 71 heavy (non-hydrogen) atoms. The van der Waals surface area contributed by atoms with Crippen LogP contribution in [0.5, 0.6) is 17.2 Å². The number of carbonyl (C=O) groups is 3. The van der Waals surface area contributed by atoms with E-state index in [4.69, 9.17) is 59.9 Å². The van der Waals surface area contributed by atoms with E-state index < -0.39 is 6.04 Å². The first kappa shape index (κ1) is 56.1. The second kappa shape index (κ2) is 31.5. The molecule has 2 aromatic rings. The van der Waals surface area contributed by atoms with Crippen LogP contribution in [0.4, 0.5) is 17.8 Å². The summed E-state index contributed by atoms with van der Waals surface area (Å²) in [4.78, 5) is 61.5. The number of likely N-dealkylation sites (N-methyl/N-ethyl adjacent to an activating group) is 1. The number of ether oxygens (including phenoxy) is 3. The van der Waals surface area contributed by atoms with Crippen molar-refractivity contribution < 1.29 is 28.6 Å². The number of anilines is 3. The topological polar surface area (TPSA) is 215 Å². The normalized spacial score (nSPS) is 16.1. The van der Waals surface area contributed by atoms with Crippen LogP contribution in [0.2, 0.25) is 0 Å². The zero-order valence-electron chi connectivity index (χ0n) is 42.4. The highest BCUT2D eigenvalue weighted by atomic mass is 16.5. The van der Waals surface area contributed by atoms with Crippen molar-refractivity contribution in [2.45, 2.75) is 159 Å². The summed E-state index contributed by atoms with van der Waals surface area (Å²) in [6, 6.07) is 3.23. The van der Waals surface area contributed by atoms with Crippen molar-refractivity contribution in [1.29, 1.82) is 0 Å². The second-order valence-corrected chi connectivity index (χ2v) is 19.0. The van der Waals surface area contributed by atoms with Gasteiger partial charge in [-0.25, -0.2) is 0 Å². The number of amides is 2. The average Bonchev–Trinajstić information content (AvgIpc) is 3.38. The number of nitrogens with zero attached hydrogens (tertiary/aromatic N) is 6. The SMILES string of the molecule is C#CCCCCOc1cc(C(=O)NCCCCCCC(=O)[C@H](CC(=O)NC2CCN(c3nc(N4CCC(N)CC4)nc(N4CCC(N)CC4)n3)CC2)NC)cc(OCCCCC#C)c1OCCCCC#C. The van der Waals surface area contributed by atoms with Crippen molar-refractivity contribution in [3.05, 3.63) is 17.7 Å². The third-order valence-corrected chi connectivity index (χ3v) is 13.3. The van der Waals surface area contributed by atoms with Crippen LogP contribution in [0.25, 0.3) is 0 Å². The number of Topliss-reactive ketones (excluding diaryl/α,β-unsaturated/α-hetero) is 1. The fraction of sp³-hybridized carbons (Fsp3) is 0.667. The summed E-state index contributed by atoms with van der Waals surface area (Å²) in [5, 5.41) is 9.29. The zero-order chi connectivity index (χ0) is 50.6. The molecule has 17 nitrogen and oxygen atoms in total. The molecule has 7 N–H and O–H groups in total. The Hall–Kier alpha value is -5.80. The summed E-state index contributed by atoms with van der Waals surface area (Å²) in [5.74, 6) is 11.0. The van der Waals surface area contributed by atoms with Gasteiger partial charge >= 0.3 is 0 Å². The Labute approximate surface area is 423 Å². The van der Waals surface area contributed by atoms with Crippen LogP contribution in [-0.2, 0) is 9.59 Å². The predicted molar refractivity (Wildman–Crippen MR) is 281 cm³/mol. The van der Waals surface area contributed by atoms with Crippen molar-refractivity contribution in [2.24, 2.45) is 11.5 Å². The Balaban J connectivity index is 1.04. The lowest BCUT2D eigenvalue weighted by atomic mass is 10.0. The molecular formula is C54H81N11O6. The van der Waals surface area contributed by atoms with Gasteiger partial charge in [-0.05, 0) is 109 Å². The van der Waals surface area contributed by atoms with Gasteiger partial charge < -0.3 is 56.3 Å². The first-order valence-electron chi connectivity index (χ1n) is 26.3. The number of terminal acetylenes is 3. The van der Waals surface area contributed by atoms with Gasteiger partial charge in [-0.15, -0.1) is 37.0 Å². The first-order valence-corrected chi connectivity index (χ1v) is 26.3. The van der Waals surface area contributed by atoms with Crippen molar-refractivity contribution >= 4 is 35.4 Å². The Morgan fingerprint density at radius 1 is 0.648 bits per heavy atom. The minimum Gasteiger partial charge on any atom is -0.490 e. The molecule has 0 spiro atoms. The van der Waals surface area contributed by atoms with E-state index in [0.29, 0.717) is 112 Å². The summed E-state index contributed by atoms with van der Waals surface area (Å²) in [7, 11) is 1.72. The van der Waals surface area contributed by atoms with Crippen LogP contribution in [0.3, 0.4) is 0 Å². The molecule has 2 amide bonds. The lowest BCUT2D eigenvalue weighted by Crippen LogP contribution is -2.47. The summed E-state index contributed by atoms with van der Waals surface area (Å²) in [6.07, 6.45) is 31.6. The maximum atomic E-state index is 13.5. The van der Waals surface area contributed by atoms with E-state index in [0.717, 1.165) is 122 Å². The zero-order valence-corrected chi connectivity index (χ0v) is 42.4. The molecular weight excluding hydrogens is 899 g/mol. The molecule has 0 saturated carbocycles. The molecule has 0 radical (unpaired) electrons. The number of benzene rings is 1. The molecule has 1 aromatic heterocycles. The highest BCUT2D eigenvalue weighted by Gasteiger charge is 2.29. The lowest BCUT2D eigenvalue weighted by Gasteiger charge is -2.35. The molecule has 3 fully saturated rings. The van der Waals surface area contributed by atoms with Gasteiger partial charge in [0.25, 0.3) is 5.91 Å². The average molecular weight is 980 g/mol. The van der Waals surface area contributed by atoms with E-state index in [1.54, 1.807) is 19.2 Å². The van der Waals surface area contributed by atoms with Crippen molar-refractivity contribution in [3.63, 3.8) is 0 Å². The van der Waals surface area contributed by atoms with Crippen molar-refractivity contribution in [1.82, 2.24) is 30.9 Å². The molecule has 0 unspecified atom stereocenters. The first-order chi connectivity index (χ1) is 34.6. The second-order valence-electron chi connectivity index (χ2n) is 19.0. The molecule has 5 rings (SSSR count). The van der Waals surface area contributed by atoms with Crippen molar-refractivity contribution in [3.8, 4) is 54.3 Å². The smallest absolute Gasteiger partial charge is 0.251 e. The number of rotatable bonds is 31. The van der Waals surface area contributed by atoms with Gasteiger partial charge in [-0.1, -0.05) is 12.8 Å². The maximum Gasteiger partial charge on any atom is 0.251 e. The summed E-state index contributed by atoms with van der Waals surface area (Å²) < 4.78 is 18.6. The molecule has 388 valence electrons. The number of hydrogen-bond donors (Lipinski definition) is 5. The van der Waals surface area contributed by atoms with E-state index in [2.05, 4.69) is 48.4 Å². The minimum absolute atomic E-state index is 0.0113. The molecule has 3 aliphatic rings. The quantitative estimate of drug-likeness (QED) is 0.0480. The van der Waals surface area contributed by atoms with Crippen LogP contribution < -0.4 is 56.3 Å². The molecule has 1 aromatic carbocycles. The fourth-order valence-electron chi connectivity index (χ4n) is 8.89. The number of nitrogens with two attached hydrogens (primary N) is 2. The highest BCUT2D eigenvalue weighted by molar-refractivity contribution is 5.95. The maximum absolute atomic E-state index is 13.5. The summed E-state index contributed by atoms with van der Waals surface area (Å²) in [5.41, 5.74) is 12.8. The number of piperidine rings is 3. The van der Waals surface area contributed by atoms with E-state index in [9.17, 15) is 14.4 Å². The Bertz CT molecular complexity index is 1990. The van der Waals surface area contributed by atoms with E-state index in [1.807, 2.05) is 0 Å². The molecule has 17 heteroatoms. The minimum atomic E-state index is -0.566. The number of unbranched alkanes of at least 4 members (excludes halogenated alkanes) is 9. The molecule has 0 bridgehead atoms. The molecule has 3 aliphatic heterocycles. The van der Waals surface area contributed by atoms with E-state index in [1.165, 1.54) is 0 Å². The predicted octanol–water partition coefficient (Wildman–Crippen LogP) is 5.29. The Morgan fingerprint density at radius 3 is 1.56 bits per heavy atom. The van der Waals surface area contributed by atoms with Crippen LogP contribution in [0.1, 0.15) is 145 Å². The van der Waals surface area contributed by atoms with Crippen LogP contribution in [0, 0.1) is 37.0 Å². The number of hydrogen-bond acceptors (Lipinski definition) is 15. The van der Waals surface area contributed by atoms with Crippen LogP contribution in [-0.4, -0.2) is 129 Å². The van der Waals surface area contributed by atoms with Crippen molar-refractivity contribution in [2.75, 3.05) is 87.4 Å². The lowest BCUT2D eigenvalue weighted by molar-refractivity contribution is -0.127. The monoisotopic (exact) mass is 980 g/mol. The van der Waals surface area contributed by atoms with Gasteiger partial charge in [-0.3, -0.25) is 14.4 Å². The van der Waals surface area contributed by atoms with Gasteiger partial charge in [0.15, 0.2) is 11.5 Å².